The summed E-state index contributed by atoms with van der Waals surface area (Å²) in [4.78, 5) is 67.4. The number of anilines is 9. The van der Waals surface area contributed by atoms with Crippen molar-refractivity contribution in [2.45, 2.75) is 130 Å². The molecule has 0 spiro atoms. The highest BCUT2D eigenvalue weighted by Gasteiger charge is 2.38. The van der Waals surface area contributed by atoms with Gasteiger partial charge in [0, 0.05) is 168 Å². The number of aryl methyl sites for hydroxylation is 3. The normalized spacial score (nSPS) is 15.6. The van der Waals surface area contributed by atoms with Crippen molar-refractivity contribution >= 4 is 134 Å². The van der Waals surface area contributed by atoms with Gasteiger partial charge in [-0.1, -0.05) is 49.9 Å². The predicted octanol–water partition coefficient (Wildman–Crippen LogP) is 17.1. The van der Waals surface area contributed by atoms with Crippen molar-refractivity contribution in [3.63, 3.8) is 0 Å². The third-order valence-electron chi connectivity index (χ3n) is 22.6. The van der Waals surface area contributed by atoms with Crippen LogP contribution in [0, 0.1) is 72.2 Å². The number of thiazole rings is 3. The molecular weight excluding hydrogens is 1730 g/mol. The molecule has 3 saturated heterocycles. The number of halogens is 4. The molecule has 656 valence electrons. The number of piperazine rings is 3. The zero-order valence-electron chi connectivity index (χ0n) is 72.6. The SMILES string of the molecule is CC(C)(C)OC(=O)CBr.Cc1cc(N2CCN(CC(=O)O)CC2)cc2c(N(C)c3nc(-c4ccc(F)cc4)c(C#N)s3)c(C3CC3)nn12.Cc1cc(N2CCN(CC(=O)OC(C)(C)C)CC2)cc2c(N(C)c3nc(-c4ccc(F)cc4)c(C#N)s3)c(C3CC3)nn12.Cc1cc(N2CCNCC2)cc2c(N(C)c3nc(-c4ccc(F)cc4)c(C#N)s3)c(C3CC3)nn12. The maximum absolute atomic E-state index is 13.6. The van der Waals surface area contributed by atoms with Crippen LogP contribution in [0.5, 0.6) is 0 Å². The molecule has 0 unspecified atom stereocenters. The first-order chi connectivity index (χ1) is 60.3. The fourth-order valence-electron chi connectivity index (χ4n) is 16.0. The number of pyridine rings is 3. The van der Waals surface area contributed by atoms with Gasteiger partial charge in [0.15, 0.2) is 15.4 Å². The van der Waals surface area contributed by atoms with Crippen molar-refractivity contribution < 1.29 is 42.1 Å². The van der Waals surface area contributed by atoms with E-state index in [4.69, 9.17) is 44.8 Å². The van der Waals surface area contributed by atoms with Crippen molar-refractivity contribution in [3.05, 3.63) is 175 Å². The van der Waals surface area contributed by atoms with Crippen LogP contribution >= 0.6 is 49.9 Å². The number of carboxylic acids is 1. The Hall–Kier alpha value is -11.6. The Bertz CT molecular complexity index is 6160. The summed E-state index contributed by atoms with van der Waals surface area (Å²) in [5, 5.41) is 59.6. The second kappa shape index (κ2) is 37.6. The Morgan fingerprint density at radius 2 is 0.762 bits per heavy atom. The molecule has 0 bridgehead atoms. The number of hydrogen-bond donors (Lipinski definition) is 2. The van der Waals surface area contributed by atoms with Gasteiger partial charge in [-0.2, -0.15) is 31.1 Å². The molecule has 6 aliphatic rings. The largest absolute Gasteiger partial charge is 0.480 e. The molecule has 0 amide bonds. The number of ether oxygens (including phenoxy) is 2. The Labute approximate surface area is 750 Å². The number of benzene rings is 3. The molecule has 12 heterocycles. The van der Waals surface area contributed by atoms with E-state index in [-0.39, 0.29) is 46.9 Å². The lowest BCUT2D eigenvalue weighted by atomic mass is 10.1. The van der Waals surface area contributed by atoms with E-state index in [1.54, 1.807) is 36.4 Å². The summed E-state index contributed by atoms with van der Waals surface area (Å²) in [6, 6.07) is 38.2. The van der Waals surface area contributed by atoms with Crippen LogP contribution in [0.3, 0.4) is 0 Å². The first kappa shape index (κ1) is 89.3. The van der Waals surface area contributed by atoms with Crippen LogP contribution in [0.4, 0.5) is 62.7 Å². The van der Waals surface area contributed by atoms with Gasteiger partial charge in [0.05, 0.1) is 63.8 Å². The summed E-state index contributed by atoms with van der Waals surface area (Å²) in [7, 11) is 5.95. The quantitative estimate of drug-likeness (QED) is 0.0529. The summed E-state index contributed by atoms with van der Waals surface area (Å²) in [5.41, 5.74) is 18.7. The highest BCUT2D eigenvalue weighted by molar-refractivity contribution is 9.09. The van der Waals surface area contributed by atoms with E-state index in [0.717, 1.165) is 194 Å². The zero-order valence-corrected chi connectivity index (χ0v) is 76.7. The third-order valence-corrected chi connectivity index (χ3v) is 26.1. The standard InChI is InChI=1S/C32H36FN7O2S.C28H28FN7O2S.C26H26FN7S.C6H11BrO2/c1-20-16-24(39-14-12-38(13-15-39)19-27(41)42-32(2,3)4)17-25-30(29(22-6-7-22)36-40(20)25)37(5)31-35-28(26(18-34)43-31)21-8-10-23(33)11-9-21;1-17-13-21(35-11-9-34(10-12-35)16-24(37)38)14-22-27(26(19-3-4-19)32-36(17)22)33(2)28-31-25(23(15-30)39-28)18-5-7-20(29)8-6-18;1-16-13-20(33-11-9-29-10-12-33)14-21-25(24(18-3-4-18)31-34(16)21)32(2)26-30-23(22(15-28)35-26)17-5-7-19(27)8-6-17;1-6(2,3)9-5(8)4-7/h8-11,16-17,22H,6-7,12-15,19H2,1-5H3;5-8,13-14,19H,3-4,9-12,16H2,1-2H3,(H,37,38);5-8,13-14,18,29H,3-4,9-12H2,1-2H3;4H2,1-3H3. The first-order valence-corrected chi connectivity index (χ1v) is 45.8. The fourth-order valence-corrected chi connectivity index (χ4v) is 18.7. The Kier molecular flexibility index (Phi) is 26.6. The van der Waals surface area contributed by atoms with Gasteiger partial charge in [-0.25, -0.2) is 41.7 Å². The second-order valence-corrected chi connectivity index (χ2v) is 38.0. The Balaban J connectivity index is 0.000000139. The van der Waals surface area contributed by atoms with Crippen LogP contribution in [0.2, 0.25) is 0 Å². The van der Waals surface area contributed by atoms with Crippen molar-refractivity contribution in [1.29, 1.82) is 15.8 Å². The Morgan fingerprint density at radius 1 is 0.468 bits per heavy atom. The monoisotopic (exact) mass is 1830 g/mol. The lowest BCUT2D eigenvalue weighted by Gasteiger charge is -2.36. The van der Waals surface area contributed by atoms with E-state index < -0.39 is 11.6 Å². The van der Waals surface area contributed by atoms with Gasteiger partial charge in [-0.05, 0) is 210 Å². The molecule has 34 heteroatoms. The van der Waals surface area contributed by atoms with E-state index in [1.807, 2.05) is 86.0 Å². The van der Waals surface area contributed by atoms with Crippen LogP contribution in [-0.4, -0.2) is 206 Å². The molecule has 2 N–H and O–H groups in total. The van der Waals surface area contributed by atoms with Crippen LogP contribution in [-0.2, 0) is 23.9 Å². The van der Waals surface area contributed by atoms with Gasteiger partial charge >= 0.3 is 17.9 Å². The Morgan fingerprint density at radius 3 is 1.03 bits per heavy atom. The third kappa shape index (κ3) is 20.4. The smallest absolute Gasteiger partial charge is 0.320 e. The molecule has 3 saturated carbocycles. The highest BCUT2D eigenvalue weighted by atomic mass is 79.9. The number of carbonyl (C=O) groups excluding carboxylic acids is 2. The molecule has 12 aromatic rings. The predicted molar refractivity (Wildman–Crippen MR) is 492 cm³/mol. The topological polar surface area (TPSA) is 290 Å². The van der Waals surface area contributed by atoms with Crippen LogP contribution in [0.25, 0.3) is 50.3 Å². The number of aliphatic carboxylic acids is 1. The van der Waals surface area contributed by atoms with Crippen molar-refractivity contribution in [2.75, 3.05) is 147 Å². The number of carboxylic acid groups (broad SMARTS) is 1. The van der Waals surface area contributed by atoms with E-state index >= 15 is 0 Å². The minimum Gasteiger partial charge on any atom is -0.480 e. The van der Waals surface area contributed by atoms with Gasteiger partial charge in [0.2, 0.25) is 0 Å². The van der Waals surface area contributed by atoms with E-state index in [2.05, 4.69) is 126 Å². The van der Waals surface area contributed by atoms with E-state index in [0.29, 0.717) is 90.5 Å². The second-order valence-electron chi connectivity index (χ2n) is 34.5. The first-order valence-electron chi connectivity index (χ1n) is 42.2. The summed E-state index contributed by atoms with van der Waals surface area (Å²) >= 11 is 6.99. The highest BCUT2D eigenvalue weighted by Crippen LogP contribution is 2.52. The van der Waals surface area contributed by atoms with Gasteiger partial charge in [-0.3, -0.25) is 24.2 Å². The number of aromatic nitrogens is 9. The number of rotatable bonds is 20. The molecule has 3 aliphatic heterocycles. The number of nitrogens with one attached hydrogen (secondary N) is 1. The van der Waals surface area contributed by atoms with E-state index in [1.165, 1.54) is 76.1 Å². The number of nitriles is 3. The van der Waals surface area contributed by atoms with Crippen LogP contribution in [0.15, 0.2) is 109 Å². The van der Waals surface area contributed by atoms with Gasteiger partial charge in [0.25, 0.3) is 0 Å². The molecule has 3 aliphatic carbocycles. The van der Waals surface area contributed by atoms with Gasteiger partial charge in [0.1, 0.15) is 83.9 Å². The summed E-state index contributed by atoms with van der Waals surface area (Å²) in [6.07, 6.45) is 6.64. The van der Waals surface area contributed by atoms with Crippen LogP contribution < -0.4 is 34.7 Å². The fraction of sp³-hybridized carbons (Fsp3) is 0.413. The maximum atomic E-state index is 13.6. The minimum atomic E-state index is -0.801. The van der Waals surface area contributed by atoms with E-state index in [9.17, 15) is 43.3 Å². The summed E-state index contributed by atoms with van der Waals surface area (Å²) in [6.45, 7) is 27.7. The number of hydrogen-bond acceptors (Lipinski definition) is 26. The molecule has 9 aromatic heterocycles. The molecule has 6 fully saturated rings. The van der Waals surface area contributed by atoms with Crippen molar-refractivity contribution in [2.24, 2.45) is 0 Å². The number of nitrogens with zero attached hydrogens (tertiary/aromatic N) is 20. The lowest BCUT2D eigenvalue weighted by Crippen LogP contribution is -2.48. The molecule has 3 aromatic carbocycles. The molecular formula is C92H101BrF3N21O6S3. The number of esters is 2. The lowest BCUT2D eigenvalue weighted by molar-refractivity contribution is -0.156. The summed E-state index contributed by atoms with van der Waals surface area (Å²) in [5.74, 6) is -0.961. The van der Waals surface area contributed by atoms with Crippen molar-refractivity contribution in [1.82, 2.24) is 58.9 Å². The van der Waals surface area contributed by atoms with Crippen molar-refractivity contribution in [3.8, 4) is 52.0 Å². The van der Waals surface area contributed by atoms with Gasteiger partial charge < -0.3 is 49.3 Å². The summed E-state index contributed by atoms with van der Waals surface area (Å²) < 4.78 is 57.0. The maximum Gasteiger partial charge on any atom is 0.320 e. The molecule has 126 heavy (non-hydrogen) atoms. The zero-order chi connectivity index (χ0) is 89.3. The molecule has 18 rings (SSSR count). The molecule has 27 nitrogen and oxygen atoms in total. The average molecular weight is 1830 g/mol. The molecule has 0 atom stereocenters. The average Bonchev–Trinajstić information content (AvgIpc) is 1.60. The number of fused-ring (bicyclic) bond motifs is 3. The van der Waals surface area contributed by atoms with Crippen LogP contribution in [0.1, 0.15) is 147 Å². The van der Waals surface area contributed by atoms with Gasteiger partial charge in [-0.15, -0.1) is 0 Å². The number of alkyl halides is 1. The number of carbonyl (C=O) groups is 3. The molecule has 0 radical (unpaired) electrons. The minimum absolute atomic E-state index is 0.0621.